The lowest BCUT2D eigenvalue weighted by molar-refractivity contribution is 0.281. The van der Waals surface area contributed by atoms with Gasteiger partial charge in [-0.3, -0.25) is 0 Å². The fourth-order valence-electron chi connectivity index (χ4n) is 3.88. The third kappa shape index (κ3) is 2.94. The molecule has 3 heteroatoms. The molecular weight excluding hydrogens is 260 g/mol. The number of aliphatic hydroxyl groups excluding tert-OH is 1. The summed E-state index contributed by atoms with van der Waals surface area (Å²) in [4.78, 5) is 7.45. The molecule has 1 saturated carbocycles. The Kier molecular flexibility index (Phi) is 3.96. The third-order valence-corrected chi connectivity index (χ3v) is 5.13. The second-order valence-electron chi connectivity index (χ2n) is 7.72. The number of pyridine rings is 1. The Morgan fingerprint density at radius 2 is 1.95 bits per heavy atom. The highest BCUT2D eigenvalue weighted by molar-refractivity contribution is 5.46. The molecule has 0 spiro atoms. The van der Waals surface area contributed by atoms with Crippen molar-refractivity contribution in [3.63, 3.8) is 0 Å². The summed E-state index contributed by atoms with van der Waals surface area (Å²) in [6.45, 7) is 7.79. The lowest BCUT2D eigenvalue weighted by Crippen LogP contribution is -2.35. The molecule has 116 valence electrons. The van der Waals surface area contributed by atoms with Gasteiger partial charge in [-0.25, -0.2) is 4.98 Å². The number of aromatic nitrogens is 1. The minimum atomic E-state index is 0.0195. The molecule has 0 amide bonds. The molecule has 0 aromatic carbocycles. The zero-order chi connectivity index (χ0) is 15.0. The van der Waals surface area contributed by atoms with Gasteiger partial charge in [-0.15, -0.1) is 0 Å². The Morgan fingerprint density at radius 1 is 1.19 bits per heavy atom. The highest BCUT2D eigenvalue weighted by Crippen LogP contribution is 2.39. The Hall–Kier alpha value is -1.09. The third-order valence-electron chi connectivity index (χ3n) is 5.13. The quantitative estimate of drug-likeness (QED) is 0.902. The molecule has 1 aromatic heterocycles. The van der Waals surface area contributed by atoms with Gasteiger partial charge in [-0.05, 0) is 42.9 Å². The molecule has 21 heavy (non-hydrogen) atoms. The summed E-state index contributed by atoms with van der Waals surface area (Å²) < 4.78 is 0. The van der Waals surface area contributed by atoms with E-state index in [1.807, 2.05) is 0 Å². The van der Waals surface area contributed by atoms with Crippen LogP contribution in [0.2, 0.25) is 0 Å². The highest BCUT2D eigenvalue weighted by Gasteiger charge is 2.36. The number of fused-ring (bicyclic) bond motifs is 1. The normalized spacial score (nSPS) is 26.0. The maximum absolute atomic E-state index is 9.58. The van der Waals surface area contributed by atoms with Crippen LogP contribution in [0.5, 0.6) is 0 Å². The van der Waals surface area contributed by atoms with Crippen molar-refractivity contribution in [2.75, 3.05) is 11.4 Å². The average Bonchev–Trinajstić information content (AvgIpc) is 2.89. The van der Waals surface area contributed by atoms with Crippen molar-refractivity contribution in [3.05, 3.63) is 23.4 Å². The Morgan fingerprint density at radius 3 is 2.67 bits per heavy atom. The van der Waals surface area contributed by atoms with Crippen LogP contribution in [-0.2, 0) is 12.0 Å². The summed E-state index contributed by atoms with van der Waals surface area (Å²) in [7, 11) is 0. The molecule has 1 aliphatic heterocycles. The van der Waals surface area contributed by atoms with Crippen molar-refractivity contribution in [3.8, 4) is 0 Å². The molecular formula is C18H28N2O. The molecule has 1 saturated heterocycles. The van der Waals surface area contributed by atoms with Crippen molar-refractivity contribution < 1.29 is 5.11 Å². The fourth-order valence-corrected chi connectivity index (χ4v) is 3.88. The summed E-state index contributed by atoms with van der Waals surface area (Å²) in [6, 6.07) is 4.82. The van der Waals surface area contributed by atoms with Crippen molar-refractivity contribution >= 4 is 5.82 Å². The minimum absolute atomic E-state index is 0.0195. The number of aliphatic hydroxyl groups is 1. The predicted molar refractivity (Wildman–Crippen MR) is 86.6 cm³/mol. The van der Waals surface area contributed by atoms with E-state index in [0.717, 1.165) is 29.5 Å². The molecule has 2 fully saturated rings. The van der Waals surface area contributed by atoms with Gasteiger partial charge >= 0.3 is 0 Å². The number of hydrogen-bond acceptors (Lipinski definition) is 3. The number of hydrogen-bond donors (Lipinski definition) is 1. The Labute approximate surface area is 128 Å². The van der Waals surface area contributed by atoms with E-state index in [1.165, 1.54) is 32.1 Å². The number of nitrogens with zero attached hydrogens (tertiary/aromatic N) is 2. The van der Waals surface area contributed by atoms with Crippen molar-refractivity contribution in [1.29, 1.82) is 0 Å². The smallest absolute Gasteiger partial charge is 0.129 e. The average molecular weight is 288 g/mol. The van der Waals surface area contributed by atoms with Gasteiger partial charge in [0, 0.05) is 23.7 Å². The van der Waals surface area contributed by atoms with Gasteiger partial charge in [0.1, 0.15) is 5.82 Å². The predicted octanol–water partition coefficient (Wildman–Crippen LogP) is 3.64. The van der Waals surface area contributed by atoms with Crippen LogP contribution in [-0.4, -0.2) is 22.7 Å². The lowest BCUT2D eigenvalue weighted by atomic mass is 9.85. The van der Waals surface area contributed by atoms with Crippen LogP contribution in [0.15, 0.2) is 12.1 Å². The molecule has 2 heterocycles. The lowest BCUT2D eigenvalue weighted by Gasteiger charge is -2.33. The molecule has 2 unspecified atom stereocenters. The van der Waals surface area contributed by atoms with Gasteiger partial charge in [0.05, 0.1) is 6.61 Å². The van der Waals surface area contributed by atoms with Crippen LogP contribution in [0, 0.1) is 5.92 Å². The van der Waals surface area contributed by atoms with E-state index in [-0.39, 0.29) is 12.0 Å². The fraction of sp³-hybridized carbons (Fsp3) is 0.722. The van der Waals surface area contributed by atoms with Crippen LogP contribution < -0.4 is 4.90 Å². The van der Waals surface area contributed by atoms with Gasteiger partial charge < -0.3 is 10.0 Å². The zero-order valence-electron chi connectivity index (χ0n) is 13.6. The van der Waals surface area contributed by atoms with Crippen molar-refractivity contribution in [2.24, 2.45) is 5.92 Å². The van der Waals surface area contributed by atoms with Crippen LogP contribution in [0.3, 0.4) is 0 Å². The number of rotatable bonds is 2. The first-order valence-corrected chi connectivity index (χ1v) is 8.38. The summed E-state index contributed by atoms with van der Waals surface area (Å²) in [6.07, 6.45) is 6.74. The SMILES string of the molecule is CC(C)(C)c1cc(CO)cc(N2CCC3CCCCC32)n1. The molecule has 1 aliphatic carbocycles. The van der Waals surface area contributed by atoms with E-state index in [4.69, 9.17) is 4.98 Å². The van der Waals surface area contributed by atoms with Crippen molar-refractivity contribution in [2.45, 2.75) is 70.9 Å². The zero-order valence-corrected chi connectivity index (χ0v) is 13.6. The van der Waals surface area contributed by atoms with Gasteiger partial charge in [0.2, 0.25) is 0 Å². The first-order chi connectivity index (χ1) is 9.99. The van der Waals surface area contributed by atoms with E-state index >= 15 is 0 Å². The van der Waals surface area contributed by atoms with Gasteiger partial charge in [-0.2, -0.15) is 0 Å². The topological polar surface area (TPSA) is 36.4 Å². The summed E-state index contributed by atoms with van der Waals surface area (Å²) in [5.74, 6) is 1.94. The second kappa shape index (κ2) is 5.60. The molecule has 1 N–H and O–H groups in total. The Bertz CT molecular complexity index is 506. The molecule has 2 aliphatic rings. The summed E-state index contributed by atoms with van der Waals surface area (Å²) in [5.41, 5.74) is 2.10. The minimum Gasteiger partial charge on any atom is -0.392 e. The van der Waals surface area contributed by atoms with E-state index in [2.05, 4.69) is 37.8 Å². The second-order valence-corrected chi connectivity index (χ2v) is 7.72. The van der Waals surface area contributed by atoms with E-state index in [9.17, 15) is 5.11 Å². The first kappa shape index (κ1) is 14.8. The van der Waals surface area contributed by atoms with Crippen molar-refractivity contribution in [1.82, 2.24) is 4.98 Å². The molecule has 3 nitrogen and oxygen atoms in total. The molecule has 0 bridgehead atoms. The number of anilines is 1. The van der Waals surface area contributed by atoms with Gasteiger partial charge in [-0.1, -0.05) is 33.6 Å². The van der Waals surface area contributed by atoms with Crippen LogP contribution in [0.4, 0.5) is 5.82 Å². The van der Waals surface area contributed by atoms with Gasteiger partial charge in [0.15, 0.2) is 0 Å². The molecule has 3 rings (SSSR count). The van der Waals surface area contributed by atoms with E-state index in [1.54, 1.807) is 0 Å². The largest absolute Gasteiger partial charge is 0.392 e. The van der Waals surface area contributed by atoms with Crippen LogP contribution in [0.1, 0.15) is 64.1 Å². The summed E-state index contributed by atoms with van der Waals surface area (Å²) in [5, 5.41) is 9.58. The summed E-state index contributed by atoms with van der Waals surface area (Å²) >= 11 is 0. The Balaban J connectivity index is 1.94. The monoisotopic (exact) mass is 288 g/mol. The first-order valence-electron chi connectivity index (χ1n) is 8.38. The van der Waals surface area contributed by atoms with E-state index in [0.29, 0.717) is 6.04 Å². The molecule has 1 aromatic rings. The molecule has 2 atom stereocenters. The van der Waals surface area contributed by atoms with Crippen LogP contribution >= 0.6 is 0 Å². The highest BCUT2D eigenvalue weighted by atomic mass is 16.3. The van der Waals surface area contributed by atoms with E-state index < -0.39 is 0 Å². The standard InChI is InChI=1S/C18H28N2O/c1-18(2,3)16-10-13(12-21)11-17(19-16)20-9-8-14-6-4-5-7-15(14)20/h10-11,14-15,21H,4-9,12H2,1-3H3. The van der Waals surface area contributed by atoms with Crippen LogP contribution in [0.25, 0.3) is 0 Å². The maximum atomic E-state index is 9.58. The maximum Gasteiger partial charge on any atom is 0.129 e. The van der Waals surface area contributed by atoms with Gasteiger partial charge in [0.25, 0.3) is 0 Å². The molecule has 0 radical (unpaired) electrons.